The van der Waals surface area contributed by atoms with Crippen molar-refractivity contribution in [1.82, 2.24) is 4.90 Å². The zero-order valence-electron chi connectivity index (χ0n) is 11.7. The van der Waals surface area contributed by atoms with E-state index in [-0.39, 0.29) is 5.91 Å². The monoisotopic (exact) mass is 277 g/mol. The van der Waals surface area contributed by atoms with Gasteiger partial charge < -0.3 is 14.7 Å². The number of carboxylic acids is 1. The van der Waals surface area contributed by atoms with Gasteiger partial charge in [0.05, 0.1) is 6.61 Å². The molecule has 1 amide bonds. The van der Waals surface area contributed by atoms with Crippen LogP contribution in [0.2, 0.25) is 0 Å². The Bertz CT molecular complexity index is 494. The molecule has 1 rings (SSSR count). The molecule has 0 saturated heterocycles. The highest BCUT2D eigenvalue weighted by Crippen LogP contribution is 2.15. The molecule has 108 valence electrons. The molecule has 0 aliphatic heterocycles. The van der Waals surface area contributed by atoms with Crippen LogP contribution in [-0.4, -0.2) is 42.6 Å². The van der Waals surface area contributed by atoms with Gasteiger partial charge in [-0.3, -0.25) is 4.79 Å². The van der Waals surface area contributed by atoms with Gasteiger partial charge in [-0.15, -0.1) is 0 Å². The summed E-state index contributed by atoms with van der Waals surface area (Å²) in [5.41, 5.74) is 0.759. The third-order valence-electron chi connectivity index (χ3n) is 2.58. The van der Waals surface area contributed by atoms with Crippen molar-refractivity contribution in [1.29, 1.82) is 0 Å². The zero-order chi connectivity index (χ0) is 15.0. The van der Waals surface area contributed by atoms with Gasteiger partial charge in [0, 0.05) is 26.6 Å². The normalized spacial score (nSPS) is 10.5. The second-order valence-corrected chi connectivity index (χ2v) is 4.48. The molecule has 0 aliphatic carbocycles. The van der Waals surface area contributed by atoms with E-state index in [2.05, 4.69) is 0 Å². The maximum atomic E-state index is 11.4. The lowest BCUT2D eigenvalue weighted by Crippen LogP contribution is -2.21. The molecule has 1 aromatic rings. The average molecular weight is 277 g/mol. The number of ether oxygens (including phenoxy) is 1. The minimum Gasteiger partial charge on any atom is -0.494 e. The Kier molecular flexibility index (Phi) is 6.29. The molecule has 1 aromatic carbocycles. The van der Waals surface area contributed by atoms with Gasteiger partial charge in [0.1, 0.15) is 5.75 Å². The Morgan fingerprint density at radius 1 is 1.35 bits per heavy atom. The van der Waals surface area contributed by atoms with Gasteiger partial charge >= 0.3 is 5.97 Å². The topological polar surface area (TPSA) is 66.8 Å². The first kappa shape index (κ1) is 15.8. The highest BCUT2D eigenvalue weighted by molar-refractivity contribution is 5.85. The van der Waals surface area contributed by atoms with Crippen molar-refractivity contribution in [3.8, 4) is 5.75 Å². The molecule has 0 unspecified atom stereocenters. The van der Waals surface area contributed by atoms with E-state index in [9.17, 15) is 9.59 Å². The lowest BCUT2D eigenvalue weighted by molar-refractivity contribution is -0.131. The van der Waals surface area contributed by atoms with E-state index in [1.807, 2.05) is 0 Å². The van der Waals surface area contributed by atoms with Crippen LogP contribution in [0.1, 0.15) is 18.4 Å². The highest BCUT2D eigenvalue weighted by Gasteiger charge is 2.03. The number of nitrogens with zero attached hydrogens (tertiary/aromatic N) is 1. The third-order valence-corrected chi connectivity index (χ3v) is 2.58. The van der Waals surface area contributed by atoms with Gasteiger partial charge in [-0.1, -0.05) is 12.1 Å². The lowest BCUT2D eigenvalue weighted by Gasteiger charge is -2.10. The van der Waals surface area contributed by atoms with Crippen LogP contribution in [0.25, 0.3) is 6.08 Å². The molecule has 0 bridgehead atoms. The molecule has 1 N–H and O–H groups in total. The van der Waals surface area contributed by atoms with Crippen molar-refractivity contribution in [2.24, 2.45) is 0 Å². The van der Waals surface area contributed by atoms with Crippen molar-refractivity contribution >= 4 is 18.0 Å². The highest BCUT2D eigenvalue weighted by atomic mass is 16.5. The Morgan fingerprint density at radius 3 is 2.75 bits per heavy atom. The van der Waals surface area contributed by atoms with Crippen LogP contribution < -0.4 is 4.74 Å². The lowest BCUT2D eigenvalue weighted by atomic mass is 10.2. The fourth-order valence-electron chi connectivity index (χ4n) is 1.51. The smallest absolute Gasteiger partial charge is 0.328 e. The summed E-state index contributed by atoms with van der Waals surface area (Å²) in [5, 5.41) is 8.56. The Balaban J connectivity index is 2.43. The number of benzene rings is 1. The summed E-state index contributed by atoms with van der Waals surface area (Å²) in [6.45, 7) is 0.450. The molecule has 5 heteroatoms. The first-order valence-corrected chi connectivity index (χ1v) is 6.33. The Morgan fingerprint density at radius 2 is 2.10 bits per heavy atom. The van der Waals surface area contributed by atoms with Gasteiger partial charge in [0.2, 0.25) is 5.91 Å². The number of carboxylic acid groups (broad SMARTS) is 1. The molecule has 5 nitrogen and oxygen atoms in total. The second-order valence-electron chi connectivity index (χ2n) is 4.48. The van der Waals surface area contributed by atoms with Gasteiger partial charge in [-0.2, -0.15) is 0 Å². The van der Waals surface area contributed by atoms with Crippen LogP contribution in [0, 0.1) is 0 Å². The van der Waals surface area contributed by atoms with E-state index in [0.717, 1.165) is 11.6 Å². The largest absolute Gasteiger partial charge is 0.494 e. The van der Waals surface area contributed by atoms with Crippen LogP contribution >= 0.6 is 0 Å². The molecule has 20 heavy (non-hydrogen) atoms. The summed E-state index contributed by atoms with van der Waals surface area (Å²) in [6.07, 6.45) is 3.68. The number of carbonyl (C=O) groups excluding carboxylic acids is 1. The number of aliphatic carboxylic acids is 1. The van der Waals surface area contributed by atoms with Crippen LogP contribution in [0.5, 0.6) is 5.75 Å². The molecule has 0 fully saturated rings. The summed E-state index contributed by atoms with van der Waals surface area (Å²) < 4.78 is 5.53. The minimum atomic E-state index is -0.987. The fourth-order valence-corrected chi connectivity index (χ4v) is 1.51. The molecule has 0 aromatic heterocycles. The van der Waals surface area contributed by atoms with E-state index >= 15 is 0 Å². The SMILES string of the molecule is CN(C)C(=O)CCCOc1cccc(C=CC(=O)O)c1. The van der Waals surface area contributed by atoms with E-state index < -0.39 is 5.97 Å². The Labute approximate surface area is 118 Å². The maximum absolute atomic E-state index is 11.4. The number of hydrogen-bond acceptors (Lipinski definition) is 3. The number of amides is 1. The van der Waals surface area contributed by atoms with Crippen molar-refractivity contribution in [3.63, 3.8) is 0 Å². The van der Waals surface area contributed by atoms with Crippen molar-refractivity contribution < 1.29 is 19.4 Å². The summed E-state index contributed by atoms with van der Waals surface area (Å²) >= 11 is 0. The van der Waals surface area contributed by atoms with Gasteiger partial charge in [0.25, 0.3) is 0 Å². The number of hydrogen-bond donors (Lipinski definition) is 1. The van der Waals surface area contributed by atoms with E-state index in [1.54, 1.807) is 43.3 Å². The summed E-state index contributed by atoms with van der Waals surface area (Å²) in [7, 11) is 3.45. The van der Waals surface area contributed by atoms with Crippen LogP contribution in [0.4, 0.5) is 0 Å². The van der Waals surface area contributed by atoms with Crippen LogP contribution in [0.15, 0.2) is 30.3 Å². The zero-order valence-corrected chi connectivity index (χ0v) is 11.7. The first-order valence-electron chi connectivity index (χ1n) is 6.33. The third kappa shape index (κ3) is 6.04. The predicted octanol–water partition coefficient (Wildman–Crippen LogP) is 2.03. The standard InChI is InChI=1S/C15H19NO4/c1-16(2)14(17)7-4-10-20-13-6-3-5-12(11-13)8-9-15(18)19/h3,5-6,8-9,11H,4,7,10H2,1-2H3,(H,18,19). The number of carbonyl (C=O) groups is 2. The Hall–Kier alpha value is -2.30. The molecule has 0 spiro atoms. The first-order chi connectivity index (χ1) is 9.49. The van der Waals surface area contributed by atoms with Crippen LogP contribution in [0.3, 0.4) is 0 Å². The molecule has 0 atom stereocenters. The van der Waals surface area contributed by atoms with Gasteiger partial charge in [-0.25, -0.2) is 4.79 Å². The van der Waals surface area contributed by atoms with Crippen LogP contribution in [-0.2, 0) is 9.59 Å². The summed E-state index contributed by atoms with van der Waals surface area (Å²) in [4.78, 5) is 23.3. The molecule has 0 saturated carbocycles. The minimum absolute atomic E-state index is 0.0757. The fraction of sp³-hybridized carbons (Fsp3) is 0.333. The number of rotatable bonds is 7. The van der Waals surface area contributed by atoms with Crippen molar-refractivity contribution in [2.75, 3.05) is 20.7 Å². The van der Waals surface area contributed by atoms with Gasteiger partial charge in [0.15, 0.2) is 0 Å². The molecule has 0 aliphatic rings. The quantitative estimate of drug-likeness (QED) is 0.611. The molecule has 0 radical (unpaired) electrons. The van der Waals surface area contributed by atoms with E-state index in [0.29, 0.717) is 25.2 Å². The van der Waals surface area contributed by atoms with E-state index in [1.165, 1.54) is 6.08 Å². The van der Waals surface area contributed by atoms with Crippen molar-refractivity contribution in [3.05, 3.63) is 35.9 Å². The van der Waals surface area contributed by atoms with Crippen molar-refractivity contribution in [2.45, 2.75) is 12.8 Å². The predicted molar refractivity (Wildman–Crippen MR) is 76.5 cm³/mol. The second kappa shape index (κ2) is 7.99. The molecular weight excluding hydrogens is 258 g/mol. The molecule has 0 heterocycles. The summed E-state index contributed by atoms with van der Waals surface area (Å²) in [6, 6.07) is 7.14. The van der Waals surface area contributed by atoms with Gasteiger partial charge in [-0.05, 0) is 30.2 Å². The molecular formula is C15H19NO4. The average Bonchev–Trinajstić information content (AvgIpc) is 2.41. The maximum Gasteiger partial charge on any atom is 0.328 e. The summed E-state index contributed by atoms with van der Waals surface area (Å²) in [5.74, 6) is -0.250. The van der Waals surface area contributed by atoms with E-state index in [4.69, 9.17) is 9.84 Å².